The lowest BCUT2D eigenvalue weighted by atomic mass is 10.0. The maximum absolute atomic E-state index is 12.9. The summed E-state index contributed by atoms with van der Waals surface area (Å²) in [6.45, 7) is 0.577. The molecule has 0 bridgehead atoms. The van der Waals surface area contributed by atoms with Crippen LogP contribution in [-0.2, 0) is 9.59 Å². The molecule has 4 aliphatic heterocycles. The molecule has 0 saturated carbocycles. The minimum atomic E-state index is -0.408. The summed E-state index contributed by atoms with van der Waals surface area (Å²) in [7, 11) is 0. The molecular formula is C22H27N5O4S. The van der Waals surface area contributed by atoms with E-state index in [0.717, 1.165) is 31.4 Å². The quantitative estimate of drug-likeness (QED) is 0.384. The largest absolute Gasteiger partial charge is 0.332 e. The Kier molecular flexibility index (Phi) is 5.71. The second-order valence-electron chi connectivity index (χ2n) is 8.82. The zero-order chi connectivity index (χ0) is 22.2. The Bertz CT molecular complexity index is 970. The summed E-state index contributed by atoms with van der Waals surface area (Å²) >= 11 is 1.88. The van der Waals surface area contributed by atoms with Gasteiger partial charge in [0.05, 0.1) is 23.3 Å². The number of anilines is 2. The minimum Gasteiger partial charge on any atom is -0.332 e. The van der Waals surface area contributed by atoms with Crippen LogP contribution in [0.2, 0.25) is 0 Å². The number of amides is 5. The number of nitrogens with zero attached hydrogens (tertiary/aromatic N) is 1. The smallest absolute Gasteiger partial charge is 0.315 e. The van der Waals surface area contributed by atoms with Crippen molar-refractivity contribution < 1.29 is 19.2 Å². The topological polar surface area (TPSA) is 120 Å². The highest BCUT2D eigenvalue weighted by molar-refractivity contribution is 8.00. The summed E-state index contributed by atoms with van der Waals surface area (Å²) < 4.78 is 0. The molecule has 170 valence electrons. The van der Waals surface area contributed by atoms with E-state index in [9.17, 15) is 19.2 Å². The number of thioether (sulfide) groups is 1. The molecule has 4 N–H and O–H groups in total. The van der Waals surface area contributed by atoms with Crippen molar-refractivity contribution in [3.8, 4) is 0 Å². The number of benzene rings is 1. The van der Waals surface area contributed by atoms with Crippen molar-refractivity contribution in [2.45, 2.75) is 61.9 Å². The minimum absolute atomic E-state index is 0.0799. The lowest BCUT2D eigenvalue weighted by molar-refractivity contribution is -0.119. The number of hydrogen-bond donors (Lipinski definition) is 4. The first kappa shape index (κ1) is 21.1. The predicted molar refractivity (Wildman–Crippen MR) is 122 cm³/mol. The van der Waals surface area contributed by atoms with Gasteiger partial charge in [0.15, 0.2) is 0 Å². The fourth-order valence-corrected chi connectivity index (χ4v) is 6.60. The number of hydrogen-bond acceptors (Lipinski definition) is 5. The van der Waals surface area contributed by atoms with Gasteiger partial charge < -0.3 is 26.2 Å². The average molecular weight is 458 g/mol. The molecule has 1 aromatic rings. The van der Waals surface area contributed by atoms with Gasteiger partial charge in [0.2, 0.25) is 11.8 Å². The van der Waals surface area contributed by atoms with Crippen LogP contribution in [0.4, 0.5) is 16.2 Å². The predicted octanol–water partition coefficient (Wildman–Crippen LogP) is 1.91. The molecule has 3 saturated heterocycles. The van der Waals surface area contributed by atoms with Crippen molar-refractivity contribution in [2.24, 2.45) is 0 Å². The molecule has 9 nitrogen and oxygen atoms in total. The van der Waals surface area contributed by atoms with Gasteiger partial charge in [0.1, 0.15) is 6.04 Å². The van der Waals surface area contributed by atoms with Crippen LogP contribution in [0.15, 0.2) is 18.2 Å². The summed E-state index contributed by atoms with van der Waals surface area (Å²) in [5.74, 6) is 0.523. The van der Waals surface area contributed by atoms with Crippen molar-refractivity contribution in [1.29, 1.82) is 0 Å². The van der Waals surface area contributed by atoms with Gasteiger partial charge >= 0.3 is 6.03 Å². The molecule has 4 heterocycles. The molecule has 0 radical (unpaired) electrons. The van der Waals surface area contributed by atoms with Crippen LogP contribution in [-0.4, -0.2) is 64.3 Å². The zero-order valence-corrected chi connectivity index (χ0v) is 18.5. The third-order valence-electron chi connectivity index (χ3n) is 6.69. The van der Waals surface area contributed by atoms with Crippen LogP contribution >= 0.6 is 11.8 Å². The lowest BCUT2D eigenvalue weighted by Crippen LogP contribution is -2.40. The Morgan fingerprint density at radius 1 is 1.19 bits per heavy atom. The van der Waals surface area contributed by atoms with Crippen molar-refractivity contribution in [3.63, 3.8) is 0 Å². The number of carbonyl (C=O) groups excluding carboxylic acids is 4. The number of carbonyl (C=O) groups is 4. The van der Waals surface area contributed by atoms with Gasteiger partial charge in [-0.15, -0.1) is 0 Å². The highest BCUT2D eigenvalue weighted by atomic mass is 32.2. The van der Waals surface area contributed by atoms with Crippen molar-refractivity contribution >= 4 is 46.9 Å². The maximum atomic E-state index is 12.9. The lowest BCUT2D eigenvalue weighted by Gasteiger charge is -2.20. The van der Waals surface area contributed by atoms with Crippen LogP contribution in [0.1, 0.15) is 48.9 Å². The van der Waals surface area contributed by atoms with Gasteiger partial charge in [0.25, 0.3) is 5.91 Å². The van der Waals surface area contributed by atoms with E-state index in [1.807, 2.05) is 11.8 Å². The highest BCUT2D eigenvalue weighted by Gasteiger charge is 2.42. The second kappa shape index (κ2) is 8.65. The van der Waals surface area contributed by atoms with Crippen LogP contribution < -0.4 is 21.3 Å². The van der Waals surface area contributed by atoms with Crippen molar-refractivity contribution in [1.82, 2.24) is 15.5 Å². The molecule has 5 rings (SSSR count). The zero-order valence-electron chi connectivity index (χ0n) is 17.7. The Morgan fingerprint density at radius 3 is 2.94 bits per heavy atom. The number of rotatable bonds is 6. The SMILES string of the molecule is O=C(CCCC[C@@H]1SC[C@@H]2NC(=O)N[C@@H]21)Nc1ccc2c(c1)C(=O)N1CCCC1C(=O)N2. The monoisotopic (exact) mass is 457 g/mol. The van der Waals surface area contributed by atoms with Gasteiger partial charge in [-0.05, 0) is 43.9 Å². The summed E-state index contributed by atoms with van der Waals surface area (Å²) in [5.41, 5.74) is 1.47. The van der Waals surface area contributed by atoms with Crippen LogP contribution in [0.5, 0.6) is 0 Å². The van der Waals surface area contributed by atoms with E-state index in [4.69, 9.17) is 0 Å². The molecule has 1 aromatic carbocycles. The fraction of sp³-hybridized carbons (Fsp3) is 0.545. The summed E-state index contributed by atoms with van der Waals surface area (Å²) in [6, 6.07) is 4.97. The molecular weight excluding hydrogens is 430 g/mol. The van der Waals surface area contributed by atoms with E-state index in [2.05, 4.69) is 21.3 Å². The fourth-order valence-electron chi connectivity index (χ4n) is 5.06. The average Bonchev–Trinajstić information content (AvgIpc) is 3.46. The molecule has 32 heavy (non-hydrogen) atoms. The molecule has 3 fully saturated rings. The Labute approximate surface area is 190 Å². The normalized spacial score (nSPS) is 28.2. The Balaban J connectivity index is 1.13. The van der Waals surface area contributed by atoms with Crippen molar-refractivity contribution in [3.05, 3.63) is 23.8 Å². The summed E-state index contributed by atoms with van der Waals surface area (Å²) in [6.07, 6.45) is 4.53. The standard InChI is InChI=1S/C22H27N5O4S/c28-18(6-2-1-5-17-19-15(11-32-17)25-22(31)26-19)23-12-7-8-14-13(10-12)21(30)27-9-3-4-16(27)20(29)24-14/h7-8,10,15-17,19H,1-6,9,11H2,(H,23,28)(H,24,29)(H2,25,26,31)/t15-,16?,17-,19-/m0/s1. The van der Waals surface area contributed by atoms with E-state index >= 15 is 0 Å². The molecule has 10 heteroatoms. The second-order valence-corrected chi connectivity index (χ2v) is 10.1. The van der Waals surface area contributed by atoms with E-state index in [-0.39, 0.29) is 35.8 Å². The number of fused-ring (bicyclic) bond motifs is 3. The third kappa shape index (κ3) is 4.03. The van der Waals surface area contributed by atoms with Crippen LogP contribution in [0.3, 0.4) is 0 Å². The molecule has 5 amide bonds. The summed E-state index contributed by atoms with van der Waals surface area (Å²) in [5, 5.41) is 12.0. The molecule has 4 aliphatic rings. The number of nitrogens with one attached hydrogen (secondary N) is 4. The van der Waals surface area contributed by atoms with Crippen molar-refractivity contribution in [2.75, 3.05) is 22.9 Å². The molecule has 0 aliphatic carbocycles. The maximum Gasteiger partial charge on any atom is 0.315 e. The Hall–Kier alpha value is -2.75. The number of urea groups is 1. The van der Waals surface area contributed by atoms with Crippen LogP contribution in [0, 0.1) is 0 Å². The van der Waals surface area contributed by atoms with Crippen LogP contribution in [0.25, 0.3) is 0 Å². The molecule has 1 unspecified atom stereocenters. The first-order valence-corrected chi connectivity index (χ1v) is 12.3. The van der Waals surface area contributed by atoms with Gasteiger partial charge in [-0.3, -0.25) is 14.4 Å². The van der Waals surface area contributed by atoms with Gasteiger partial charge in [-0.1, -0.05) is 6.42 Å². The van der Waals surface area contributed by atoms with Gasteiger partial charge in [0, 0.05) is 29.7 Å². The third-order valence-corrected chi connectivity index (χ3v) is 8.20. The molecule has 0 aromatic heterocycles. The van der Waals surface area contributed by atoms with Gasteiger partial charge in [-0.25, -0.2) is 4.79 Å². The first-order valence-electron chi connectivity index (χ1n) is 11.2. The van der Waals surface area contributed by atoms with E-state index in [1.165, 1.54) is 0 Å². The summed E-state index contributed by atoms with van der Waals surface area (Å²) in [4.78, 5) is 50.8. The van der Waals surface area contributed by atoms with E-state index < -0.39 is 6.04 Å². The van der Waals surface area contributed by atoms with Gasteiger partial charge in [-0.2, -0.15) is 11.8 Å². The Morgan fingerprint density at radius 2 is 2.06 bits per heavy atom. The molecule has 4 atom stereocenters. The highest BCUT2D eigenvalue weighted by Crippen LogP contribution is 2.33. The van der Waals surface area contributed by atoms with E-state index in [0.29, 0.717) is 41.6 Å². The first-order chi connectivity index (χ1) is 15.5. The van der Waals surface area contributed by atoms with E-state index in [1.54, 1.807) is 23.1 Å². The number of unbranched alkanes of at least 4 members (excludes halogenated alkanes) is 1. The molecule has 0 spiro atoms.